The largest absolute Gasteiger partial charge is 0.480 e. The summed E-state index contributed by atoms with van der Waals surface area (Å²) in [5, 5.41) is 21.5. The number of carbonyl (C=O) groups excluding carboxylic acids is 1. The molecule has 136 valence electrons. The highest BCUT2D eigenvalue weighted by Crippen LogP contribution is 2.25. The number of hydrogen-bond donors (Lipinski definition) is 1. The van der Waals surface area contributed by atoms with Crippen molar-refractivity contribution in [3.8, 4) is 17.1 Å². The molecular formula is C18H13ClN4O4. The normalized spacial score (nSPS) is 10.3. The molecule has 0 saturated heterocycles. The van der Waals surface area contributed by atoms with E-state index in [0.717, 1.165) is 11.6 Å². The Morgan fingerprint density at radius 1 is 1.15 bits per heavy atom. The summed E-state index contributed by atoms with van der Waals surface area (Å²) in [5.41, 5.74) is 1.83. The molecule has 3 aromatic rings. The number of nitro benzene ring substituents is 1. The number of rotatable bonds is 5. The fourth-order valence-electron chi connectivity index (χ4n) is 2.34. The number of nitrogens with one attached hydrogen (secondary N) is 1. The minimum atomic E-state index is -0.576. The van der Waals surface area contributed by atoms with Gasteiger partial charge in [-0.15, -0.1) is 10.2 Å². The Hall–Kier alpha value is -3.52. The quantitative estimate of drug-likeness (QED) is 0.526. The maximum Gasteiger partial charge on any atom is 0.270 e. The fraction of sp³-hybridized carbons (Fsp3) is 0.0556. The highest BCUT2D eigenvalue weighted by Gasteiger charge is 2.15. The monoisotopic (exact) mass is 384 g/mol. The maximum atomic E-state index is 12.4. The van der Waals surface area contributed by atoms with Gasteiger partial charge in [0.15, 0.2) is 0 Å². The molecule has 0 aliphatic rings. The van der Waals surface area contributed by atoms with Crippen LogP contribution in [0.5, 0.6) is 5.88 Å². The number of nitro groups is 1. The molecule has 3 rings (SSSR count). The second-order valence-electron chi connectivity index (χ2n) is 5.42. The van der Waals surface area contributed by atoms with E-state index in [2.05, 4.69) is 15.5 Å². The van der Waals surface area contributed by atoms with Crippen LogP contribution in [-0.2, 0) is 0 Å². The number of benzene rings is 2. The SMILES string of the molecule is COc1ccc(-c2cccc(NC(=O)c3ccc([N+](=O)[O-])cc3Cl)c2)nn1. The van der Waals surface area contributed by atoms with Gasteiger partial charge in [-0.25, -0.2) is 0 Å². The average Bonchev–Trinajstić information content (AvgIpc) is 2.68. The molecule has 0 unspecified atom stereocenters. The number of hydrogen-bond acceptors (Lipinski definition) is 6. The number of ether oxygens (including phenoxy) is 1. The zero-order chi connectivity index (χ0) is 19.4. The molecule has 9 heteroatoms. The van der Waals surface area contributed by atoms with Crippen LogP contribution in [0.4, 0.5) is 11.4 Å². The summed E-state index contributed by atoms with van der Waals surface area (Å²) in [7, 11) is 1.50. The molecule has 27 heavy (non-hydrogen) atoms. The highest BCUT2D eigenvalue weighted by molar-refractivity contribution is 6.34. The molecule has 0 radical (unpaired) electrons. The predicted molar refractivity (Wildman–Crippen MR) is 100 cm³/mol. The zero-order valence-corrected chi connectivity index (χ0v) is 14.8. The molecule has 0 aliphatic heterocycles. The van der Waals surface area contributed by atoms with E-state index < -0.39 is 10.8 Å². The van der Waals surface area contributed by atoms with E-state index in [-0.39, 0.29) is 16.3 Å². The Morgan fingerprint density at radius 3 is 2.59 bits per heavy atom. The van der Waals surface area contributed by atoms with E-state index in [0.29, 0.717) is 17.3 Å². The van der Waals surface area contributed by atoms with Gasteiger partial charge >= 0.3 is 0 Å². The first-order valence-corrected chi connectivity index (χ1v) is 8.09. The lowest BCUT2D eigenvalue weighted by Crippen LogP contribution is -2.12. The van der Waals surface area contributed by atoms with Crippen LogP contribution in [0.25, 0.3) is 11.3 Å². The third-order valence-corrected chi connectivity index (χ3v) is 3.99. The highest BCUT2D eigenvalue weighted by atomic mass is 35.5. The third-order valence-electron chi connectivity index (χ3n) is 3.67. The first-order valence-electron chi connectivity index (χ1n) is 7.71. The van der Waals surface area contributed by atoms with Gasteiger partial charge in [0.25, 0.3) is 11.6 Å². The minimum absolute atomic E-state index is 0.00104. The second kappa shape index (κ2) is 7.79. The molecule has 1 amide bonds. The summed E-state index contributed by atoms with van der Waals surface area (Å²) in [6, 6.07) is 14.1. The molecule has 1 N–H and O–H groups in total. The second-order valence-corrected chi connectivity index (χ2v) is 5.82. The molecule has 2 aromatic carbocycles. The van der Waals surface area contributed by atoms with Gasteiger partial charge in [0.2, 0.25) is 5.88 Å². The smallest absolute Gasteiger partial charge is 0.270 e. The van der Waals surface area contributed by atoms with Crippen molar-refractivity contribution < 1.29 is 14.5 Å². The standard InChI is InChI=1S/C18H13ClN4O4/c1-27-17-8-7-16(21-22-17)11-3-2-4-12(9-11)20-18(24)14-6-5-13(23(25)26)10-15(14)19/h2-10H,1H3,(H,20,24). The molecule has 0 bridgehead atoms. The van der Waals surface area contributed by atoms with Gasteiger partial charge in [0.05, 0.1) is 28.3 Å². The van der Waals surface area contributed by atoms with Crippen molar-refractivity contribution in [1.82, 2.24) is 10.2 Å². The summed E-state index contributed by atoms with van der Waals surface area (Å²) >= 11 is 5.99. The third kappa shape index (κ3) is 4.18. The number of aromatic nitrogens is 2. The summed E-state index contributed by atoms with van der Waals surface area (Å²) < 4.78 is 4.98. The van der Waals surface area contributed by atoms with Crippen molar-refractivity contribution in [2.75, 3.05) is 12.4 Å². The molecule has 8 nitrogen and oxygen atoms in total. The van der Waals surface area contributed by atoms with Crippen molar-refractivity contribution in [3.63, 3.8) is 0 Å². The van der Waals surface area contributed by atoms with Gasteiger partial charge in [-0.05, 0) is 24.3 Å². The molecule has 0 fully saturated rings. The number of amides is 1. The van der Waals surface area contributed by atoms with Gasteiger partial charge in [-0.3, -0.25) is 14.9 Å². The number of anilines is 1. The van der Waals surface area contributed by atoms with E-state index >= 15 is 0 Å². The van der Waals surface area contributed by atoms with Gasteiger partial charge in [0.1, 0.15) is 0 Å². The lowest BCUT2D eigenvalue weighted by molar-refractivity contribution is -0.384. The Morgan fingerprint density at radius 2 is 1.96 bits per heavy atom. The number of non-ortho nitro benzene ring substituents is 1. The Labute approximate surface area is 158 Å². The summed E-state index contributed by atoms with van der Waals surface area (Å²) in [5.74, 6) is -0.0797. The maximum absolute atomic E-state index is 12.4. The van der Waals surface area contributed by atoms with Gasteiger partial charge < -0.3 is 10.1 Å². The van der Waals surface area contributed by atoms with Crippen LogP contribution in [0.2, 0.25) is 5.02 Å². The summed E-state index contributed by atoms with van der Waals surface area (Å²) in [6.07, 6.45) is 0. The Bertz CT molecular complexity index is 1010. The van der Waals surface area contributed by atoms with Crippen molar-refractivity contribution in [3.05, 3.63) is 75.3 Å². The molecule has 1 heterocycles. The lowest BCUT2D eigenvalue weighted by Gasteiger charge is -2.08. The molecule has 0 saturated carbocycles. The van der Waals surface area contributed by atoms with Crippen molar-refractivity contribution in [2.24, 2.45) is 0 Å². The first kappa shape index (κ1) is 18.3. The van der Waals surface area contributed by atoms with Crippen LogP contribution in [0.1, 0.15) is 10.4 Å². The minimum Gasteiger partial charge on any atom is -0.480 e. The topological polar surface area (TPSA) is 107 Å². The van der Waals surface area contributed by atoms with Crippen LogP contribution >= 0.6 is 11.6 Å². The molecular weight excluding hydrogens is 372 g/mol. The van der Waals surface area contributed by atoms with E-state index in [1.807, 2.05) is 6.07 Å². The predicted octanol–water partition coefficient (Wildman–Crippen LogP) is 3.97. The molecule has 1 aromatic heterocycles. The van der Waals surface area contributed by atoms with Crippen LogP contribution < -0.4 is 10.1 Å². The number of methoxy groups -OCH3 is 1. The van der Waals surface area contributed by atoms with E-state index in [9.17, 15) is 14.9 Å². The van der Waals surface area contributed by atoms with Gasteiger partial charge in [0, 0.05) is 29.4 Å². The van der Waals surface area contributed by atoms with Crippen LogP contribution in [0.3, 0.4) is 0 Å². The van der Waals surface area contributed by atoms with Crippen LogP contribution in [-0.4, -0.2) is 28.1 Å². The van der Waals surface area contributed by atoms with E-state index in [1.165, 1.54) is 19.2 Å². The summed E-state index contributed by atoms with van der Waals surface area (Å²) in [4.78, 5) is 22.6. The molecule has 0 spiro atoms. The lowest BCUT2D eigenvalue weighted by atomic mass is 10.1. The average molecular weight is 385 g/mol. The van der Waals surface area contributed by atoms with Crippen molar-refractivity contribution >= 4 is 28.9 Å². The van der Waals surface area contributed by atoms with E-state index in [4.69, 9.17) is 16.3 Å². The van der Waals surface area contributed by atoms with Crippen molar-refractivity contribution in [2.45, 2.75) is 0 Å². The van der Waals surface area contributed by atoms with Gasteiger partial charge in [-0.2, -0.15) is 0 Å². The van der Waals surface area contributed by atoms with Gasteiger partial charge in [-0.1, -0.05) is 23.7 Å². The van der Waals surface area contributed by atoms with Crippen LogP contribution in [0.15, 0.2) is 54.6 Å². The number of nitrogens with zero attached hydrogens (tertiary/aromatic N) is 3. The zero-order valence-electron chi connectivity index (χ0n) is 14.0. The van der Waals surface area contributed by atoms with E-state index in [1.54, 1.807) is 30.3 Å². The Kier molecular flexibility index (Phi) is 5.28. The first-order chi connectivity index (χ1) is 13.0. The fourth-order valence-corrected chi connectivity index (χ4v) is 2.60. The molecule has 0 atom stereocenters. The number of halogens is 1. The molecule has 0 aliphatic carbocycles. The van der Waals surface area contributed by atoms with Crippen molar-refractivity contribution in [1.29, 1.82) is 0 Å². The summed E-state index contributed by atoms with van der Waals surface area (Å²) in [6.45, 7) is 0. The number of carbonyl (C=O) groups is 1. The van der Waals surface area contributed by atoms with Crippen LogP contribution in [0, 0.1) is 10.1 Å². The Balaban J connectivity index is 1.81.